The predicted octanol–water partition coefficient (Wildman–Crippen LogP) is 4.16. The topological polar surface area (TPSA) is 82.3 Å². The van der Waals surface area contributed by atoms with E-state index in [0.717, 1.165) is 37.7 Å². The number of nitrogens with zero attached hydrogens (tertiary/aromatic N) is 1. The van der Waals surface area contributed by atoms with Crippen LogP contribution in [-0.2, 0) is 11.4 Å². The third kappa shape index (κ3) is 3.51. The van der Waals surface area contributed by atoms with Crippen LogP contribution in [0.4, 0.5) is 0 Å². The summed E-state index contributed by atoms with van der Waals surface area (Å²) in [6, 6.07) is 15.3. The first kappa shape index (κ1) is 19.3. The number of carbonyl (C=O) groups excluding carboxylic acids is 2. The van der Waals surface area contributed by atoms with Crippen LogP contribution in [0.2, 0.25) is 0 Å². The van der Waals surface area contributed by atoms with Crippen LogP contribution in [0, 0.1) is 29.1 Å². The molecule has 1 aromatic carbocycles. The number of hydrogen-bond donors (Lipinski definition) is 1. The fraction of sp³-hybridized carbons (Fsp3) is 0.480. The molecule has 2 unspecified atom stereocenters. The number of primary amides is 1. The quantitative estimate of drug-likeness (QED) is 0.703. The van der Waals surface area contributed by atoms with E-state index in [1.165, 1.54) is 0 Å². The molecule has 4 aliphatic rings. The molecule has 1 heterocycles. The first-order valence-corrected chi connectivity index (χ1v) is 11.0. The Morgan fingerprint density at radius 1 is 1.00 bits per heavy atom. The van der Waals surface area contributed by atoms with Gasteiger partial charge in [-0.1, -0.05) is 36.4 Å². The molecule has 4 aliphatic carbocycles. The number of aromatic nitrogens is 1. The van der Waals surface area contributed by atoms with Gasteiger partial charge in [0.05, 0.1) is 0 Å². The molecule has 5 heteroatoms. The van der Waals surface area contributed by atoms with Gasteiger partial charge in [-0.15, -0.1) is 0 Å². The van der Waals surface area contributed by atoms with Gasteiger partial charge in [0, 0.05) is 17.9 Å². The zero-order valence-corrected chi connectivity index (χ0v) is 17.1. The van der Waals surface area contributed by atoms with Crippen LogP contribution in [0.3, 0.4) is 0 Å². The third-order valence-corrected chi connectivity index (χ3v) is 7.65. The van der Waals surface area contributed by atoms with Crippen LogP contribution in [0.25, 0.3) is 0 Å². The molecule has 2 atom stereocenters. The van der Waals surface area contributed by atoms with Crippen molar-refractivity contribution < 1.29 is 14.3 Å². The van der Waals surface area contributed by atoms with Crippen LogP contribution in [0.1, 0.15) is 54.6 Å². The molecular weight excluding hydrogens is 376 g/mol. The lowest BCUT2D eigenvalue weighted by Gasteiger charge is -2.58. The maximum absolute atomic E-state index is 13.1. The molecule has 0 spiro atoms. The minimum Gasteiger partial charge on any atom is -0.473 e. The minimum atomic E-state index is -0.306. The molecular formula is C25H28N2O3. The van der Waals surface area contributed by atoms with Gasteiger partial charge < -0.3 is 10.5 Å². The summed E-state index contributed by atoms with van der Waals surface area (Å²) in [7, 11) is 0. The summed E-state index contributed by atoms with van der Waals surface area (Å²) in [5.74, 6) is 2.24. The van der Waals surface area contributed by atoms with Crippen LogP contribution in [0.15, 0.2) is 48.5 Å². The van der Waals surface area contributed by atoms with E-state index >= 15 is 0 Å². The Balaban J connectivity index is 1.26. The molecule has 1 amide bonds. The molecule has 0 radical (unpaired) electrons. The lowest BCUT2D eigenvalue weighted by atomic mass is 9.45. The molecule has 4 saturated carbocycles. The fourth-order valence-electron chi connectivity index (χ4n) is 6.47. The Labute approximate surface area is 177 Å². The van der Waals surface area contributed by atoms with Gasteiger partial charge in [0.1, 0.15) is 12.3 Å². The summed E-state index contributed by atoms with van der Waals surface area (Å²) in [4.78, 5) is 29.7. The number of pyridine rings is 1. The molecule has 0 aliphatic heterocycles. The summed E-state index contributed by atoms with van der Waals surface area (Å²) in [6.45, 7) is 0.425. The van der Waals surface area contributed by atoms with Crippen molar-refractivity contribution in [2.75, 3.05) is 0 Å². The second-order valence-corrected chi connectivity index (χ2v) is 9.54. The van der Waals surface area contributed by atoms with E-state index in [4.69, 9.17) is 10.5 Å². The number of hydrogen-bond acceptors (Lipinski definition) is 4. The van der Waals surface area contributed by atoms with E-state index in [9.17, 15) is 9.59 Å². The smallest absolute Gasteiger partial charge is 0.223 e. The molecule has 4 fully saturated rings. The van der Waals surface area contributed by atoms with Gasteiger partial charge >= 0.3 is 0 Å². The molecule has 6 rings (SSSR count). The number of ether oxygens (including phenoxy) is 1. The van der Waals surface area contributed by atoms with E-state index in [-0.39, 0.29) is 17.1 Å². The van der Waals surface area contributed by atoms with Crippen molar-refractivity contribution in [3.63, 3.8) is 0 Å². The van der Waals surface area contributed by atoms with Crippen molar-refractivity contribution in [2.45, 2.75) is 45.1 Å². The van der Waals surface area contributed by atoms with Crippen molar-refractivity contribution in [3.05, 3.63) is 59.8 Å². The van der Waals surface area contributed by atoms with Crippen molar-refractivity contribution in [1.82, 2.24) is 4.98 Å². The number of amides is 1. The monoisotopic (exact) mass is 404 g/mol. The highest BCUT2D eigenvalue weighted by molar-refractivity contribution is 5.94. The summed E-state index contributed by atoms with van der Waals surface area (Å²) in [5.41, 5.74) is 7.01. The van der Waals surface area contributed by atoms with Gasteiger partial charge in [0.25, 0.3) is 0 Å². The van der Waals surface area contributed by atoms with Crippen molar-refractivity contribution in [2.24, 2.45) is 34.8 Å². The Bertz CT molecular complexity index is 942. The molecule has 30 heavy (non-hydrogen) atoms. The Morgan fingerprint density at radius 3 is 2.43 bits per heavy atom. The Hall–Kier alpha value is -2.69. The summed E-state index contributed by atoms with van der Waals surface area (Å²) >= 11 is 0. The molecule has 2 N–H and O–H groups in total. The molecule has 4 bridgehead atoms. The van der Waals surface area contributed by atoms with Crippen LogP contribution in [0.5, 0.6) is 5.88 Å². The number of benzene rings is 1. The Kier molecular flexibility index (Phi) is 4.84. The molecule has 156 valence electrons. The number of nitrogens with two attached hydrogens (primary N) is 1. The number of ketones is 1. The van der Waals surface area contributed by atoms with Crippen molar-refractivity contribution in [1.29, 1.82) is 0 Å². The summed E-state index contributed by atoms with van der Waals surface area (Å²) in [6.07, 6.45) is 5.46. The molecule has 1 aromatic heterocycles. The average Bonchev–Trinajstić information content (AvgIpc) is 2.75. The SMILES string of the molecule is NC(=O)C12CC3CC(C1)C(CC(=O)c1cccc(OCc4ccccc4)n1)C(C3)C2. The van der Waals surface area contributed by atoms with Gasteiger partial charge in [0.2, 0.25) is 11.8 Å². The zero-order chi connectivity index (χ0) is 20.7. The lowest BCUT2D eigenvalue weighted by Crippen LogP contribution is -2.56. The minimum absolute atomic E-state index is 0.0748. The van der Waals surface area contributed by atoms with Gasteiger partial charge in [0.15, 0.2) is 5.78 Å². The van der Waals surface area contributed by atoms with E-state index in [0.29, 0.717) is 48.3 Å². The van der Waals surface area contributed by atoms with E-state index in [1.807, 2.05) is 36.4 Å². The normalized spacial score (nSPS) is 31.5. The van der Waals surface area contributed by atoms with Gasteiger partial charge in [-0.05, 0) is 67.4 Å². The highest BCUT2D eigenvalue weighted by atomic mass is 16.5. The second kappa shape index (κ2) is 7.53. The maximum atomic E-state index is 13.1. The summed E-state index contributed by atoms with van der Waals surface area (Å²) < 4.78 is 5.79. The number of Topliss-reactive ketones (excluding diaryl/α,β-unsaturated/α-hetero) is 1. The van der Waals surface area contributed by atoms with Crippen LogP contribution < -0.4 is 10.5 Å². The first-order valence-electron chi connectivity index (χ1n) is 11.0. The van der Waals surface area contributed by atoms with Crippen molar-refractivity contribution in [3.8, 4) is 5.88 Å². The number of rotatable bonds is 7. The van der Waals surface area contributed by atoms with E-state index in [1.54, 1.807) is 12.1 Å². The molecule has 2 aromatic rings. The first-order chi connectivity index (χ1) is 14.5. The predicted molar refractivity (Wildman–Crippen MR) is 113 cm³/mol. The average molecular weight is 405 g/mol. The van der Waals surface area contributed by atoms with Gasteiger partial charge in [-0.2, -0.15) is 0 Å². The fourth-order valence-corrected chi connectivity index (χ4v) is 6.47. The number of carbonyl (C=O) groups is 2. The van der Waals surface area contributed by atoms with Gasteiger partial charge in [-0.25, -0.2) is 4.98 Å². The van der Waals surface area contributed by atoms with Crippen molar-refractivity contribution >= 4 is 11.7 Å². The zero-order valence-electron chi connectivity index (χ0n) is 17.1. The highest BCUT2D eigenvalue weighted by Crippen LogP contribution is 2.62. The lowest BCUT2D eigenvalue weighted by molar-refractivity contribution is -0.149. The Morgan fingerprint density at radius 2 is 1.73 bits per heavy atom. The van der Waals surface area contributed by atoms with E-state index < -0.39 is 0 Å². The highest BCUT2D eigenvalue weighted by Gasteiger charge is 2.57. The van der Waals surface area contributed by atoms with Gasteiger partial charge in [-0.3, -0.25) is 9.59 Å². The largest absolute Gasteiger partial charge is 0.473 e. The maximum Gasteiger partial charge on any atom is 0.223 e. The summed E-state index contributed by atoms with van der Waals surface area (Å²) in [5, 5.41) is 0. The third-order valence-electron chi connectivity index (χ3n) is 7.65. The molecule has 0 saturated heterocycles. The molecule has 5 nitrogen and oxygen atoms in total. The van der Waals surface area contributed by atoms with Crippen LogP contribution in [-0.4, -0.2) is 16.7 Å². The standard InChI is InChI=1S/C25H28N2O3/c26-24(29)25-12-17-9-18(13-25)20(19(10-17)14-25)11-22(28)21-7-4-8-23(27-21)30-15-16-5-2-1-3-6-16/h1-8,17-20H,9-15H2,(H2,26,29). The second-order valence-electron chi connectivity index (χ2n) is 9.54. The van der Waals surface area contributed by atoms with E-state index in [2.05, 4.69) is 4.98 Å². The van der Waals surface area contributed by atoms with Crippen LogP contribution >= 0.6 is 0 Å².